The van der Waals surface area contributed by atoms with Gasteiger partial charge in [0, 0.05) is 6.04 Å². The van der Waals surface area contributed by atoms with Crippen LogP contribution in [-0.2, 0) is 19.6 Å². The molecule has 134 valence electrons. The van der Waals surface area contributed by atoms with Crippen molar-refractivity contribution in [1.82, 2.24) is 20.5 Å². The number of fused-ring (bicyclic) bond motifs is 1. The van der Waals surface area contributed by atoms with E-state index >= 15 is 0 Å². The Morgan fingerprint density at radius 1 is 1.27 bits per heavy atom. The van der Waals surface area contributed by atoms with Gasteiger partial charge in [-0.3, -0.25) is 5.10 Å². The second kappa shape index (κ2) is 7.43. The fraction of sp³-hybridized carbons (Fsp3) is 0.263. The molecule has 1 aliphatic rings. The Balaban J connectivity index is 1.34. The van der Waals surface area contributed by atoms with Crippen LogP contribution in [0, 0.1) is 5.82 Å². The number of H-pyrrole nitrogens is 1. The summed E-state index contributed by atoms with van der Waals surface area (Å²) in [6, 6.07) is 12.9. The molecule has 2 aromatic carbocycles. The number of hydrogen-bond acceptors (Lipinski definition) is 4. The van der Waals surface area contributed by atoms with Crippen LogP contribution in [0.1, 0.15) is 35.2 Å². The maximum Gasteiger partial charge on any atom is 0.164 e. The van der Waals surface area contributed by atoms with E-state index in [1.807, 2.05) is 30.3 Å². The lowest BCUT2D eigenvalue weighted by Gasteiger charge is -2.13. The van der Waals surface area contributed by atoms with Crippen molar-refractivity contribution in [2.24, 2.45) is 0 Å². The second-order valence-electron chi connectivity index (χ2n) is 6.24. The highest BCUT2D eigenvalue weighted by molar-refractivity contribution is 6.30. The smallest absolute Gasteiger partial charge is 0.164 e. The molecule has 0 amide bonds. The van der Waals surface area contributed by atoms with Gasteiger partial charge in [-0.25, -0.2) is 9.37 Å². The van der Waals surface area contributed by atoms with Crippen LogP contribution in [0.4, 0.5) is 4.39 Å². The first-order valence-electron chi connectivity index (χ1n) is 8.48. The van der Waals surface area contributed by atoms with Gasteiger partial charge in [-0.2, -0.15) is 5.10 Å². The zero-order valence-corrected chi connectivity index (χ0v) is 14.8. The summed E-state index contributed by atoms with van der Waals surface area (Å²) in [7, 11) is 0. The van der Waals surface area contributed by atoms with Crippen molar-refractivity contribution >= 4 is 11.6 Å². The summed E-state index contributed by atoms with van der Waals surface area (Å²) < 4.78 is 19.2. The molecule has 0 saturated heterocycles. The molecule has 0 aliphatic heterocycles. The third-order valence-corrected chi connectivity index (χ3v) is 4.75. The highest BCUT2D eigenvalue weighted by Gasteiger charge is 2.24. The fourth-order valence-corrected chi connectivity index (χ4v) is 3.35. The fourth-order valence-electron chi connectivity index (χ4n) is 3.17. The van der Waals surface area contributed by atoms with E-state index in [2.05, 4.69) is 20.5 Å². The molecule has 4 rings (SSSR count). The number of nitrogens with zero attached hydrogens (tertiary/aromatic N) is 2. The Kier molecular flexibility index (Phi) is 4.86. The van der Waals surface area contributed by atoms with Gasteiger partial charge in [0.1, 0.15) is 18.2 Å². The van der Waals surface area contributed by atoms with Gasteiger partial charge in [-0.15, -0.1) is 0 Å². The van der Waals surface area contributed by atoms with Crippen LogP contribution < -0.4 is 10.1 Å². The minimum atomic E-state index is -0.358. The maximum atomic E-state index is 13.6. The van der Waals surface area contributed by atoms with Crippen molar-refractivity contribution in [2.45, 2.75) is 32.0 Å². The summed E-state index contributed by atoms with van der Waals surface area (Å²) in [6.07, 6.45) is 1.74. The topological polar surface area (TPSA) is 62.8 Å². The van der Waals surface area contributed by atoms with Crippen molar-refractivity contribution in [1.29, 1.82) is 0 Å². The Bertz CT molecular complexity index is 900. The quantitative estimate of drug-likeness (QED) is 0.687. The van der Waals surface area contributed by atoms with Gasteiger partial charge < -0.3 is 10.1 Å². The summed E-state index contributed by atoms with van der Waals surface area (Å²) >= 11 is 5.92. The van der Waals surface area contributed by atoms with E-state index in [1.54, 1.807) is 6.07 Å². The molecule has 2 N–H and O–H groups in total. The van der Waals surface area contributed by atoms with Gasteiger partial charge >= 0.3 is 0 Å². The number of ether oxygens (including phenoxy) is 1. The predicted molar refractivity (Wildman–Crippen MR) is 96.5 cm³/mol. The van der Waals surface area contributed by atoms with Crippen LogP contribution in [0.5, 0.6) is 5.75 Å². The van der Waals surface area contributed by atoms with E-state index in [0.717, 1.165) is 29.7 Å². The summed E-state index contributed by atoms with van der Waals surface area (Å²) in [5.74, 6) is 1.76. The lowest BCUT2D eigenvalue weighted by Crippen LogP contribution is -2.19. The molecule has 1 atom stereocenters. The minimum absolute atomic E-state index is 0.130. The maximum absolute atomic E-state index is 13.6. The molecule has 1 aliphatic carbocycles. The predicted octanol–water partition coefficient (Wildman–Crippen LogP) is 3.95. The Hall–Kier alpha value is -2.44. The number of rotatable bonds is 6. The molecule has 0 spiro atoms. The molecule has 0 fully saturated rings. The van der Waals surface area contributed by atoms with Crippen LogP contribution >= 0.6 is 11.6 Å². The summed E-state index contributed by atoms with van der Waals surface area (Å²) in [5.41, 5.74) is 2.07. The molecular weight excluding hydrogens is 355 g/mol. The molecule has 0 bridgehead atoms. The molecule has 0 saturated carbocycles. The van der Waals surface area contributed by atoms with Crippen molar-refractivity contribution in [3.8, 4) is 5.75 Å². The average molecular weight is 373 g/mol. The van der Waals surface area contributed by atoms with E-state index < -0.39 is 0 Å². The number of hydrogen-bond donors (Lipinski definition) is 2. The third kappa shape index (κ3) is 3.71. The Morgan fingerprint density at radius 3 is 2.96 bits per heavy atom. The highest BCUT2D eigenvalue weighted by atomic mass is 35.5. The molecule has 1 unspecified atom stereocenters. The van der Waals surface area contributed by atoms with Crippen LogP contribution in [0.3, 0.4) is 0 Å². The molecule has 7 heteroatoms. The number of benzene rings is 2. The first-order chi connectivity index (χ1) is 12.7. The molecular formula is C19H18ClFN4O. The van der Waals surface area contributed by atoms with E-state index in [4.69, 9.17) is 16.3 Å². The van der Waals surface area contributed by atoms with Crippen LogP contribution in [-0.4, -0.2) is 15.2 Å². The number of aryl methyl sites for hydroxylation is 1. The molecule has 26 heavy (non-hydrogen) atoms. The van der Waals surface area contributed by atoms with Gasteiger partial charge in [-0.05, 0) is 48.2 Å². The molecule has 3 aromatic rings. The van der Waals surface area contributed by atoms with E-state index in [0.29, 0.717) is 24.8 Å². The van der Waals surface area contributed by atoms with Crippen molar-refractivity contribution in [3.63, 3.8) is 0 Å². The van der Waals surface area contributed by atoms with Crippen molar-refractivity contribution < 1.29 is 9.13 Å². The molecule has 5 nitrogen and oxygen atoms in total. The second-order valence-corrected chi connectivity index (χ2v) is 6.64. The molecule has 1 aromatic heterocycles. The van der Waals surface area contributed by atoms with Gasteiger partial charge in [0.25, 0.3) is 0 Å². The highest BCUT2D eigenvalue weighted by Crippen LogP contribution is 2.34. The lowest BCUT2D eigenvalue weighted by atomic mass is 10.1. The van der Waals surface area contributed by atoms with Gasteiger partial charge in [0.15, 0.2) is 11.6 Å². The summed E-state index contributed by atoms with van der Waals surface area (Å²) in [4.78, 5) is 4.43. The Morgan fingerprint density at radius 2 is 2.12 bits per heavy atom. The number of aromatic amines is 1. The third-order valence-electron chi connectivity index (χ3n) is 4.46. The molecule has 1 heterocycles. The first kappa shape index (κ1) is 17.0. The van der Waals surface area contributed by atoms with Gasteiger partial charge in [-0.1, -0.05) is 29.8 Å². The van der Waals surface area contributed by atoms with Crippen LogP contribution in [0.2, 0.25) is 5.02 Å². The van der Waals surface area contributed by atoms with Crippen molar-refractivity contribution in [2.75, 3.05) is 0 Å². The monoisotopic (exact) mass is 372 g/mol. The van der Waals surface area contributed by atoms with Crippen LogP contribution in [0.25, 0.3) is 0 Å². The lowest BCUT2D eigenvalue weighted by molar-refractivity contribution is 0.296. The minimum Gasteiger partial charge on any atom is -0.486 e. The van der Waals surface area contributed by atoms with Gasteiger partial charge in [0.05, 0.1) is 11.6 Å². The van der Waals surface area contributed by atoms with Crippen molar-refractivity contribution in [3.05, 3.63) is 76.1 Å². The zero-order valence-electron chi connectivity index (χ0n) is 14.0. The number of halogens is 2. The summed E-state index contributed by atoms with van der Waals surface area (Å²) in [6.45, 7) is 0.846. The largest absolute Gasteiger partial charge is 0.486 e. The number of nitrogens with one attached hydrogen (secondary N) is 2. The summed E-state index contributed by atoms with van der Waals surface area (Å²) in [5, 5.41) is 10.7. The zero-order chi connectivity index (χ0) is 17.9. The first-order valence-corrected chi connectivity index (χ1v) is 8.86. The average Bonchev–Trinajstić information content (AvgIpc) is 3.26. The standard InChI is InChI=1S/C19H18ClFN4O/c20-15-9-14-12(8-16(15)21)6-7-17(14)22-10-18-23-19(25-24-18)11-26-13-4-2-1-3-5-13/h1-5,8-9,17,22H,6-7,10-11H2,(H,23,24,25). The van der Waals surface area contributed by atoms with E-state index in [9.17, 15) is 4.39 Å². The Labute approximate surface area is 155 Å². The van der Waals surface area contributed by atoms with Crippen LogP contribution in [0.15, 0.2) is 42.5 Å². The number of aromatic nitrogens is 3. The van der Waals surface area contributed by atoms with E-state index in [1.165, 1.54) is 6.07 Å². The number of para-hydroxylation sites is 1. The van der Waals surface area contributed by atoms with Gasteiger partial charge in [0.2, 0.25) is 0 Å². The van der Waals surface area contributed by atoms with E-state index in [-0.39, 0.29) is 16.9 Å². The molecule has 0 radical (unpaired) electrons. The SMILES string of the molecule is Fc1cc2c(cc1Cl)C(NCc1n[nH]c(COc3ccccc3)n1)CC2. The normalized spacial score (nSPS) is 15.8.